The van der Waals surface area contributed by atoms with Crippen LogP contribution in [0.25, 0.3) is 0 Å². The van der Waals surface area contributed by atoms with Crippen molar-refractivity contribution in [3.63, 3.8) is 0 Å². The zero-order chi connectivity index (χ0) is 19.1. The summed E-state index contributed by atoms with van der Waals surface area (Å²) < 4.78 is 0. The van der Waals surface area contributed by atoms with E-state index in [0.717, 1.165) is 38.3 Å². The number of carbonyl (C=O) groups is 2. The number of nitrogens with zero attached hydrogens (tertiary/aromatic N) is 2. The molecule has 1 saturated heterocycles. The maximum absolute atomic E-state index is 12.4. The lowest BCUT2D eigenvalue weighted by atomic mass is 10.1. The van der Waals surface area contributed by atoms with E-state index < -0.39 is 0 Å². The average Bonchev–Trinajstić information content (AvgIpc) is 2.69. The molecule has 0 aliphatic carbocycles. The Balaban J connectivity index is 1.37. The third-order valence-corrected chi connectivity index (χ3v) is 4.88. The van der Waals surface area contributed by atoms with Crippen LogP contribution in [-0.4, -0.2) is 54.3 Å². The summed E-state index contributed by atoms with van der Waals surface area (Å²) in [6.45, 7) is 6.52. The van der Waals surface area contributed by atoms with Crippen molar-refractivity contribution in [3.05, 3.63) is 71.3 Å². The Morgan fingerprint density at radius 1 is 0.963 bits per heavy atom. The third kappa shape index (κ3) is 5.66. The molecular formula is C22H27N3O2. The van der Waals surface area contributed by atoms with Crippen molar-refractivity contribution >= 4 is 11.8 Å². The molecule has 142 valence electrons. The summed E-state index contributed by atoms with van der Waals surface area (Å²) in [6.07, 6.45) is 0.343. The fourth-order valence-electron chi connectivity index (χ4n) is 3.33. The van der Waals surface area contributed by atoms with Gasteiger partial charge in [0.1, 0.15) is 0 Å². The molecule has 0 saturated carbocycles. The van der Waals surface area contributed by atoms with Gasteiger partial charge in [-0.25, -0.2) is 0 Å². The van der Waals surface area contributed by atoms with E-state index in [4.69, 9.17) is 0 Å². The van der Waals surface area contributed by atoms with Gasteiger partial charge < -0.3 is 10.2 Å². The monoisotopic (exact) mass is 365 g/mol. The second-order valence-electron chi connectivity index (χ2n) is 7.02. The van der Waals surface area contributed by atoms with Gasteiger partial charge in [-0.15, -0.1) is 0 Å². The Kier molecular flexibility index (Phi) is 6.60. The molecule has 1 fully saturated rings. The molecule has 0 radical (unpaired) electrons. The van der Waals surface area contributed by atoms with Gasteiger partial charge in [0.25, 0.3) is 5.91 Å². The second kappa shape index (κ2) is 9.33. The van der Waals surface area contributed by atoms with Gasteiger partial charge in [-0.3, -0.25) is 14.5 Å². The first-order valence-corrected chi connectivity index (χ1v) is 9.51. The molecule has 1 heterocycles. The summed E-state index contributed by atoms with van der Waals surface area (Å²) in [5.74, 6) is -0.0157. The highest BCUT2D eigenvalue weighted by Gasteiger charge is 2.20. The Hall–Kier alpha value is -2.66. The molecule has 5 nitrogen and oxygen atoms in total. The van der Waals surface area contributed by atoms with Crippen molar-refractivity contribution < 1.29 is 9.59 Å². The summed E-state index contributed by atoms with van der Waals surface area (Å²) in [4.78, 5) is 28.8. The predicted octanol–water partition coefficient (Wildman–Crippen LogP) is 2.46. The molecule has 27 heavy (non-hydrogen) atoms. The highest BCUT2D eigenvalue weighted by Crippen LogP contribution is 2.09. The van der Waals surface area contributed by atoms with Gasteiger partial charge in [0.15, 0.2) is 0 Å². The summed E-state index contributed by atoms with van der Waals surface area (Å²) >= 11 is 0. The minimum absolute atomic E-state index is 0.110. The van der Waals surface area contributed by atoms with Gasteiger partial charge in [-0.1, -0.05) is 48.0 Å². The Morgan fingerprint density at radius 2 is 1.70 bits per heavy atom. The molecule has 1 N–H and O–H groups in total. The molecule has 0 unspecified atom stereocenters. The molecule has 0 atom stereocenters. The Labute approximate surface area is 161 Å². The standard InChI is InChI=1S/C22H27N3O2/c1-18-6-5-9-20(16-18)22(27)23-11-10-21(26)25-14-12-24(13-15-25)17-19-7-3-2-4-8-19/h2-9,16H,10-15,17H2,1H3,(H,23,27). The van der Waals surface area contributed by atoms with E-state index in [1.165, 1.54) is 5.56 Å². The summed E-state index contributed by atoms with van der Waals surface area (Å²) in [6, 6.07) is 17.9. The van der Waals surface area contributed by atoms with E-state index in [1.807, 2.05) is 36.1 Å². The van der Waals surface area contributed by atoms with Crippen molar-refractivity contribution in [2.75, 3.05) is 32.7 Å². The Morgan fingerprint density at radius 3 is 2.41 bits per heavy atom. The molecule has 1 aliphatic rings. The number of hydrogen-bond donors (Lipinski definition) is 1. The van der Waals surface area contributed by atoms with Crippen molar-refractivity contribution in [1.29, 1.82) is 0 Å². The summed E-state index contributed by atoms with van der Waals surface area (Å²) in [7, 11) is 0. The fourth-order valence-corrected chi connectivity index (χ4v) is 3.33. The number of hydrogen-bond acceptors (Lipinski definition) is 3. The molecular weight excluding hydrogens is 338 g/mol. The van der Waals surface area contributed by atoms with E-state index in [-0.39, 0.29) is 11.8 Å². The van der Waals surface area contributed by atoms with Gasteiger partial charge in [-0.05, 0) is 24.6 Å². The van der Waals surface area contributed by atoms with Crippen molar-refractivity contribution in [3.8, 4) is 0 Å². The number of amides is 2. The highest BCUT2D eigenvalue weighted by molar-refractivity contribution is 5.94. The lowest BCUT2D eigenvalue weighted by Gasteiger charge is -2.34. The minimum Gasteiger partial charge on any atom is -0.352 e. The van der Waals surface area contributed by atoms with Crippen molar-refractivity contribution in [1.82, 2.24) is 15.1 Å². The number of piperazine rings is 1. The van der Waals surface area contributed by atoms with Crippen LogP contribution in [0, 0.1) is 6.92 Å². The van der Waals surface area contributed by atoms with Crippen LogP contribution in [0.15, 0.2) is 54.6 Å². The zero-order valence-corrected chi connectivity index (χ0v) is 15.9. The molecule has 2 amide bonds. The Bertz CT molecular complexity index is 768. The van der Waals surface area contributed by atoms with Crippen LogP contribution < -0.4 is 5.32 Å². The number of aryl methyl sites for hydroxylation is 1. The minimum atomic E-state index is -0.126. The van der Waals surface area contributed by atoms with E-state index in [1.54, 1.807) is 6.07 Å². The second-order valence-corrected chi connectivity index (χ2v) is 7.02. The molecule has 3 rings (SSSR count). The molecule has 1 aliphatic heterocycles. The van der Waals surface area contributed by atoms with Crippen LogP contribution in [0.3, 0.4) is 0 Å². The van der Waals surface area contributed by atoms with Gasteiger partial charge in [-0.2, -0.15) is 0 Å². The normalized spacial score (nSPS) is 14.8. The van der Waals surface area contributed by atoms with Gasteiger partial charge >= 0.3 is 0 Å². The topological polar surface area (TPSA) is 52.7 Å². The first-order chi connectivity index (χ1) is 13.1. The van der Waals surface area contributed by atoms with Crippen LogP contribution in [0.4, 0.5) is 0 Å². The fraction of sp³-hybridized carbons (Fsp3) is 0.364. The van der Waals surface area contributed by atoms with E-state index in [2.05, 4.69) is 34.5 Å². The van der Waals surface area contributed by atoms with Crippen molar-refractivity contribution in [2.24, 2.45) is 0 Å². The van der Waals surface area contributed by atoms with Crippen LogP contribution >= 0.6 is 0 Å². The van der Waals surface area contributed by atoms with Crippen LogP contribution in [0.5, 0.6) is 0 Å². The lowest BCUT2D eigenvalue weighted by Crippen LogP contribution is -2.48. The maximum atomic E-state index is 12.4. The average molecular weight is 365 g/mol. The van der Waals surface area contributed by atoms with E-state index >= 15 is 0 Å². The first kappa shape index (κ1) is 19.1. The van der Waals surface area contributed by atoms with Crippen LogP contribution in [0.1, 0.15) is 27.9 Å². The molecule has 2 aromatic rings. The van der Waals surface area contributed by atoms with Crippen molar-refractivity contribution in [2.45, 2.75) is 19.9 Å². The predicted molar refractivity (Wildman–Crippen MR) is 106 cm³/mol. The molecule has 5 heteroatoms. The molecule has 0 bridgehead atoms. The number of carbonyl (C=O) groups excluding carboxylic acids is 2. The largest absolute Gasteiger partial charge is 0.352 e. The molecule has 0 aromatic heterocycles. The number of nitrogens with one attached hydrogen (secondary N) is 1. The number of rotatable bonds is 6. The molecule has 0 spiro atoms. The molecule has 2 aromatic carbocycles. The first-order valence-electron chi connectivity index (χ1n) is 9.51. The van der Waals surface area contributed by atoms with Crippen LogP contribution in [-0.2, 0) is 11.3 Å². The lowest BCUT2D eigenvalue weighted by molar-refractivity contribution is -0.132. The van der Waals surface area contributed by atoms with Gasteiger partial charge in [0, 0.05) is 51.3 Å². The van der Waals surface area contributed by atoms with Gasteiger partial charge in [0.2, 0.25) is 5.91 Å². The van der Waals surface area contributed by atoms with E-state index in [0.29, 0.717) is 18.5 Å². The van der Waals surface area contributed by atoms with Gasteiger partial charge in [0.05, 0.1) is 0 Å². The van der Waals surface area contributed by atoms with E-state index in [9.17, 15) is 9.59 Å². The summed E-state index contributed by atoms with van der Waals surface area (Å²) in [5, 5.41) is 2.84. The maximum Gasteiger partial charge on any atom is 0.251 e. The third-order valence-electron chi connectivity index (χ3n) is 4.88. The SMILES string of the molecule is Cc1cccc(C(=O)NCCC(=O)N2CCN(Cc3ccccc3)CC2)c1. The number of benzene rings is 2. The zero-order valence-electron chi connectivity index (χ0n) is 15.9. The summed E-state index contributed by atoms with van der Waals surface area (Å²) in [5.41, 5.74) is 2.99. The smallest absolute Gasteiger partial charge is 0.251 e. The highest BCUT2D eigenvalue weighted by atomic mass is 16.2. The van der Waals surface area contributed by atoms with Crippen LogP contribution in [0.2, 0.25) is 0 Å². The quantitative estimate of drug-likeness (QED) is 0.856.